The number of hydrogen-bond acceptors (Lipinski definition) is 4. The van der Waals surface area contributed by atoms with Crippen LogP contribution in [0.15, 0.2) is 69.9 Å². The van der Waals surface area contributed by atoms with Crippen molar-refractivity contribution in [3.63, 3.8) is 0 Å². The van der Waals surface area contributed by atoms with Gasteiger partial charge in [-0.3, -0.25) is 0 Å². The summed E-state index contributed by atoms with van der Waals surface area (Å²) in [6.45, 7) is 0. The lowest BCUT2D eigenvalue weighted by Crippen LogP contribution is -2.10. The molecule has 1 heterocycles. The Morgan fingerprint density at radius 1 is 1.09 bits per heavy atom. The van der Waals surface area contributed by atoms with Gasteiger partial charge in [0.25, 0.3) is 0 Å². The summed E-state index contributed by atoms with van der Waals surface area (Å²) in [7, 11) is 0. The summed E-state index contributed by atoms with van der Waals surface area (Å²) in [5, 5.41) is 3.17. The van der Waals surface area contributed by atoms with Crippen molar-refractivity contribution in [3.05, 3.63) is 65.6 Å². The van der Waals surface area contributed by atoms with Gasteiger partial charge in [-0.1, -0.05) is 24.3 Å². The Morgan fingerprint density at radius 3 is 2.73 bits per heavy atom. The highest BCUT2D eigenvalue weighted by molar-refractivity contribution is 7.80. The molecule has 3 aromatic rings. The van der Waals surface area contributed by atoms with Crippen LogP contribution in [0.2, 0.25) is 0 Å². The van der Waals surface area contributed by atoms with E-state index in [0.29, 0.717) is 11.5 Å². The standard InChI is InChI=1S/C17H15N3S2/c18-15(14-10-22-16-7-2-1-6-13(14)16)9-17(19)20-11-4-3-5-12(21)8-11/h1-10,21H,18H2,(H2,19,20)/b15-9-. The molecular weight excluding hydrogens is 310 g/mol. The van der Waals surface area contributed by atoms with Gasteiger partial charge in [-0.15, -0.1) is 24.0 Å². The van der Waals surface area contributed by atoms with Crippen molar-refractivity contribution >= 4 is 51.3 Å². The fourth-order valence-corrected chi connectivity index (χ4v) is 3.37. The highest BCUT2D eigenvalue weighted by atomic mass is 32.1. The highest BCUT2D eigenvalue weighted by Crippen LogP contribution is 2.28. The average Bonchev–Trinajstić information content (AvgIpc) is 2.91. The van der Waals surface area contributed by atoms with E-state index in [9.17, 15) is 0 Å². The van der Waals surface area contributed by atoms with Gasteiger partial charge in [0.2, 0.25) is 0 Å². The van der Waals surface area contributed by atoms with Crippen LogP contribution in [0.4, 0.5) is 5.69 Å². The maximum atomic E-state index is 6.18. The molecule has 0 atom stereocenters. The zero-order valence-electron chi connectivity index (χ0n) is 11.7. The molecule has 22 heavy (non-hydrogen) atoms. The van der Waals surface area contributed by atoms with E-state index in [-0.39, 0.29) is 0 Å². The molecule has 0 aliphatic heterocycles. The molecule has 5 heteroatoms. The topological polar surface area (TPSA) is 64.4 Å². The Morgan fingerprint density at radius 2 is 1.91 bits per heavy atom. The van der Waals surface area contributed by atoms with Crippen LogP contribution in [0.1, 0.15) is 5.56 Å². The first-order valence-corrected chi connectivity index (χ1v) is 8.03. The van der Waals surface area contributed by atoms with Crippen molar-refractivity contribution in [1.29, 1.82) is 0 Å². The highest BCUT2D eigenvalue weighted by Gasteiger charge is 2.06. The van der Waals surface area contributed by atoms with E-state index >= 15 is 0 Å². The summed E-state index contributed by atoms with van der Waals surface area (Å²) in [6, 6.07) is 15.6. The Bertz CT molecular complexity index is 878. The number of thiophene rings is 1. The zero-order valence-corrected chi connectivity index (χ0v) is 13.4. The maximum Gasteiger partial charge on any atom is 0.126 e. The first-order valence-electron chi connectivity index (χ1n) is 6.70. The molecule has 0 fully saturated rings. The predicted molar refractivity (Wildman–Crippen MR) is 99.0 cm³/mol. The maximum absolute atomic E-state index is 6.18. The molecule has 0 radical (unpaired) electrons. The Labute approximate surface area is 138 Å². The predicted octanol–water partition coefficient (Wildman–Crippen LogP) is 4.18. The van der Waals surface area contributed by atoms with Gasteiger partial charge < -0.3 is 11.5 Å². The molecule has 1 aromatic heterocycles. The van der Waals surface area contributed by atoms with Gasteiger partial charge in [0.15, 0.2) is 0 Å². The third kappa shape index (κ3) is 3.16. The second-order valence-electron chi connectivity index (χ2n) is 4.80. The van der Waals surface area contributed by atoms with Crippen LogP contribution in [-0.2, 0) is 0 Å². The number of rotatable bonds is 3. The first-order chi connectivity index (χ1) is 10.6. The summed E-state index contributed by atoms with van der Waals surface area (Å²) >= 11 is 5.95. The van der Waals surface area contributed by atoms with Crippen molar-refractivity contribution in [1.82, 2.24) is 0 Å². The van der Waals surface area contributed by atoms with Crippen LogP contribution >= 0.6 is 24.0 Å². The Kier molecular flexibility index (Phi) is 4.18. The number of thiol groups is 1. The molecule has 0 aliphatic rings. The minimum absolute atomic E-state index is 0.367. The fraction of sp³-hybridized carbons (Fsp3) is 0. The van der Waals surface area contributed by atoms with Crippen LogP contribution in [0.25, 0.3) is 15.8 Å². The van der Waals surface area contributed by atoms with E-state index in [1.54, 1.807) is 17.4 Å². The molecule has 0 amide bonds. The minimum Gasteiger partial charge on any atom is -0.398 e. The third-order valence-electron chi connectivity index (χ3n) is 3.18. The van der Waals surface area contributed by atoms with Crippen LogP contribution in [-0.4, -0.2) is 5.84 Å². The second kappa shape index (κ2) is 6.25. The van der Waals surface area contributed by atoms with E-state index in [1.165, 1.54) is 4.70 Å². The van der Waals surface area contributed by atoms with E-state index in [4.69, 9.17) is 11.5 Å². The van der Waals surface area contributed by atoms with E-state index in [2.05, 4.69) is 29.8 Å². The lowest BCUT2D eigenvalue weighted by molar-refractivity contribution is 1.40. The number of nitrogens with two attached hydrogens (primary N) is 2. The van der Waals surface area contributed by atoms with Gasteiger partial charge in [-0.25, -0.2) is 4.99 Å². The van der Waals surface area contributed by atoms with Crippen LogP contribution in [0, 0.1) is 0 Å². The van der Waals surface area contributed by atoms with Crippen molar-refractivity contribution in [2.75, 3.05) is 0 Å². The van der Waals surface area contributed by atoms with Gasteiger partial charge in [-0.05, 0) is 24.3 Å². The second-order valence-corrected chi connectivity index (χ2v) is 6.23. The normalized spacial score (nSPS) is 12.8. The molecule has 4 N–H and O–H groups in total. The van der Waals surface area contributed by atoms with E-state index < -0.39 is 0 Å². The molecule has 0 saturated heterocycles. The largest absolute Gasteiger partial charge is 0.398 e. The molecule has 0 spiro atoms. The molecule has 0 bridgehead atoms. The lowest BCUT2D eigenvalue weighted by Gasteiger charge is -2.01. The number of nitrogens with zero attached hydrogens (tertiary/aromatic N) is 1. The molecule has 0 aliphatic carbocycles. The van der Waals surface area contributed by atoms with E-state index in [1.807, 2.05) is 41.8 Å². The molecule has 0 saturated carbocycles. The SMILES string of the molecule is NC(/C=C(\N)c1csc2ccccc12)=Nc1cccc(S)c1. The van der Waals surface area contributed by atoms with Gasteiger partial charge >= 0.3 is 0 Å². The van der Waals surface area contributed by atoms with Crippen molar-refractivity contribution in [3.8, 4) is 0 Å². The van der Waals surface area contributed by atoms with Gasteiger partial charge in [0.05, 0.1) is 5.69 Å². The number of aliphatic imine (C=N–C) groups is 1. The van der Waals surface area contributed by atoms with Crippen LogP contribution in [0.3, 0.4) is 0 Å². The third-order valence-corrected chi connectivity index (χ3v) is 4.42. The summed E-state index contributed by atoms with van der Waals surface area (Å²) in [6.07, 6.45) is 1.69. The lowest BCUT2D eigenvalue weighted by atomic mass is 10.1. The minimum atomic E-state index is 0.367. The molecular formula is C17H15N3S2. The van der Waals surface area contributed by atoms with Crippen molar-refractivity contribution in [2.45, 2.75) is 4.90 Å². The monoisotopic (exact) mass is 325 g/mol. The van der Waals surface area contributed by atoms with Gasteiger partial charge in [-0.2, -0.15) is 0 Å². The fourth-order valence-electron chi connectivity index (χ4n) is 2.18. The molecule has 0 unspecified atom stereocenters. The number of hydrogen-bond donors (Lipinski definition) is 3. The molecule has 2 aromatic carbocycles. The zero-order chi connectivity index (χ0) is 15.5. The van der Waals surface area contributed by atoms with E-state index in [0.717, 1.165) is 21.5 Å². The molecule has 3 nitrogen and oxygen atoms in total. The van der Waals surface area contributed by atoms with Gasteiger partial charge in [0.1, 0.15) is 5.84 Å². The smallest absolute Gasteiger partial charge is 0.126 e. The number of fused-ring (bicyclic) bond motifs is 1. The number of benzene rings is 2. The quantitative estimate of drug-likeness (QED) is 0.384. The Hall–Kier alpha value is -2.24. The summed E-state index contributed by atoms with van der Waals surface area (Å²) in [4.78, 5) is 5.18. The molecule has 110 valence electrons. The van der Waals surface area contributed by atoms with Crippen LogP contribution < -0.4 is 11.5 Å². The van der Waals surface area contributed by atoms with Crippen LogP contribution in [0.5, 0.6) is 0 Å². The summed E-state index contributed by atoms with van der Waals surface area (Å²) in [5.41, 5.74) is 14.5. The van der Waals surface area contributed by atoms with Crippen molar-refractivity contribution < 1.29 is 0 Å². The summed E-state index contributed by atoms with van der Waals surface area (Å²) in [5.74, 6) is 0.367. The number of amidine groups is 1. The molecule has 3 rings (SSSR count). The Balaban J connectivity index is 1.94. The van der Waals surface area contributed by atoms with Crippen molar-refractivity contribution in [2.24, 2.45) is 16.5 Å². The first kappa shape index (κ1) is 14.7. The summed E-state index contributed by atoms with van der Waals surface area (Å²) < 4.78 is 1.20. The average molecular weight is 325 g/mol. The van der Waals surface area contributed by atoms with Gasteiger partial charge in [0, 0.05) is 37.7 Å².